The lowest BCUT2D eigenvalue weighted by molar-refractivity contribution is 0.102. The van der Waals surface area contributed by atoms with Crippen molar-refractivity contribution in [1.82, 2.24) is 4.98 Å². The molecule has 0 atom stereocenters. The highest BCUT2D eigenvalue weighted by molar-refractivity contribution is 9.10. The van der Waals surface area contributed by atoms with Gasteiger partial charge in [-0.05, 0) is 46.3 Å². The number of carbonyl (C=O) groups is 1. The first-order valence-electron chi connectivity index (χ1n) is 5.22. The summed E-state index contributed by atoms with van der Waals surface area (Å²) in [6.07, 6.45) is 1.15. The number of amides is 1. The second-order valence-corrected chi connectivity index (χ2v) is 4.48. The number of anilines is 1. The molecule has 0 saturated carbocycles. The van der Waals surface area contributed by atoms with Gasteiger partial charge in [0.2, 0.25) is 5.95 Å². The Morgan fingerprint density at radius 1 is 1.37 bits per heavy atom. The fourth-order valence-electron chi connectivity index (χ4n) is 1.39. The smallest absolute Gasteiger partial charge is 0.257 e. The van der Waals surface area contributed by atoms with E-state index in [-0.39, 0.29) is 5.56 Å². The molecule has 0 aliphatic rings. The molecule has 2 rings (SSSR count). The molecule has 4 nitrogen and oxygen atoms in total. The Kier molecular flexibility index (Phi) is 3.88. The first kappa shape index (κ1) is 13.2. The summed E-state index contributed by atoms with van der Waals surface area (Å²) in [6.45, 7) is 0. The minimum absolute atomic E-state index is 0.248. The van der Waals surface area contributed by atoms with E-state index < -0.39 is 11.9 Å². The van der Waals surface area contributed by atoms with Crippen molar-refractivity contribution in [3.63, 3.8) is 0 Å². The van der Waals surface area contributed by atoms with E-state index in [4.69, 9.17) is 5.26 Å². The number of nitrogens with zero attached hydrogens (tertiary/aromatic N) is 2. The molecular weight excluding hydrogens is 313 g/mol. The van der Waals surface area contributed by atoms with E-state index in [9.17, 15) is 9.18 Å². The van der Waals surface area contributed by atoms with Gasteiger partial charge in [0, 0.05) is 10.7 Å². The third kappa shape index (κ3) is 3.14. The van der Waals surface area contributed by atoms with Gasteiger partial charge in [0.1, 0.15) is 0 Å². The minimum Gasteiger partial charge on any atom is -0.321 e. The van der Waals surface area contributed by atoms with Gasteiger partial charge in [-0.1, -0.05) is 0 Å². The molecule has 1 N–H and O–H groups in total. The van der Waals surface area contributed by atoms with Crippen LogP contribution in [0.2, 0.25) is 0 Å². The molecule has 1 aromatic carbocycles. The topological polar surface area (TPSA) is 65.8 Å². The van der Waals surface area contributed by atoms with Crippen LogP contribution in [0.15, 0.2) is 41.0 Å². The van der Waals surface area contributed by atoms with E-state index >= 15 is 0 Å². The number of aromatic nitrogens is 1. The maximum absolute atomic E-state index is 12.6. The predicted molar refractivity (Wildman–Crippen MR) is 71.0 cm³/mol. The van der Waals surface area contributed by atoms with Crippen LogP contribution < -0.4 is 5.32 Å². The zero-order valence-electron chi connectivity index (χ0n) is 9.52. The molecule has 0 radical (unpaired) electrons. The van der Waals surface area contributed by atoms with E-state index in [1.807, 2.05) is 6.07 Å². The largest absolute Gasteiger partial charge is 0.321 e. The first-order valence-corrected chi connectivity index (χ1v) is 6.02. The van der Waals surface area contributed by atoms with Crippen LogP contribution in [-0.4, -0.2) is 10.9 Å². The average Bonchev–Trinajstić information content (AvgIpc) is 2.41. The van der Waals surface area contributed by atoms with Gasteiger partial charge in [-0.15, -0.1) is 0 Å². The molecule has 6 heteroatoms. The van der Waals surface area contributed by atoms with Gasteiger partial charge < -0.3 is 5.32 Å². The lowest BCUT2D eigenvalue weighted by Crippen LogP contribution is -2.12. The summed E-state index contributed by atoms with van der Waals surface area (Å²) in [5, 5.41) is 11.4. The monoisotopic (exact) mass is 319 g/mol. The van der Waals surface area contributed by atoms with Crippen LogP contribution in [-0.2, 0) is 0 Å². The highest BCUT2D eigenvalue weighted by atomic mass is 79.9. The maximum Gasteiger partial charge on any atom is 0.257 e. The number of nitrogens with one attached hydrogen (secondary N) is 1. The molecule has 1 aromatic heterocycles. The third-order valence-electron chi connectivity index (χ3n) is 2.34. The number of hydrogen-bond donors (Lipinski definition) is 1. The van der Waals surface area contributed by atoms with Gasteiger partial charge in [0.25, 0.3) is 5.91 Å². The van der Waals surface area contributed by atoms with E-state index in [2.05, 4.69) is 26.2 Å². The van der Waals surface area contributed by atoms with Gasteiger partial charge in [-0.3, -0.25) is 4.79 Å². The van der Waals surface area contributed by atoms with E-state index in [1.54, 1.807) is 18.2 Å². The van der Waals surface area contributed by atoms with Crippen LogP contribution >= 0.6 is 15.9 Å². The van der Waals surface area contributed by atoms with Crippen LogP contribution in [0.5, 0.6) is 0 Å². The van der Waals surface area contributed by atoms with Crippen LogP contribution in [0, 0.1) is 17.3 Å². The summed E-state index contributed by atoms with van der Waals surface area (Å²) in [4.78, 5) is 15.3. The molecule has 0 bridgehead atoms. The number of halogens is 2. The van der Waals surface area contributed by atoms with E-state index in [1.165, 1.54) is 6.07 Å². The predicted octanol–water partition coefficient (Wildman–Crippen LogP) is 3.11. The highest BCUT2D eigenvalue weighted by Gasteiger charge is 2.09. The summed E-state index contributed by atoms with van der Waals surface area (Å²) in [6, 6.07) is 9.24. The fourth-order valence-corrected chi connectivity index (χ4v) is 1.87. The Bertz CT molecular complexity index is 665. The maximum atomic E-state index is 12.6. The van der Waals surface area contributed by atoms with E-state index in [0.29, 0.717) is 15.7 Å². The molecule has 94 valence electrons. The molecule has 0 aliphatic carbocycles. The molecule has 0 spiro atoms. The lowest BCUT2D eigenvalue weighted by atomic mass is 10.2. The Morgan fingerprint density at radius 2 is 2.16 bits per heavy atom. The van der Waals surface area contributed by atoms with Crippen molar-refractivity contribution >= 4 is 27.5 Å². The van der Waals surface area contributed by atoms with Gasteiger partial charge in [0.05, 0.1) is 22.9 Å². The number of hydrogen-bond acceptors (Lipinski definition) is 3. The Balaban J connectivity index is 2.20. The molecule has 0 aliphatic heterocycles. The van der Waals surface area contributed by atoms with Crippen LogP contribution in [0.1, 0.15) is 15.9 Å². The lowest BCUT2D eigenvalue weighted by Gasteiger charge is -2.07. The molecule has 0 unspecified atom stereocenters. The number of carbonyl (C=O) groups excluding carboxylic acids is 1. The average molecular weight is 320 g/mol. The Hall–Kier alpha value is -2.26. The summed E-state index contributed by atoms with van der Waals surface area (Å²) >= 11 is 3.26. The second kappa shape index (κ2) is 5.59. The van der Waals surface area contributed by atoms with Crippen molar-refractivity contribution < 1.29 is 9.18 Å². The van der Waals surface area contributed by atoms with Gasteiger partial charge in [0.15, 0.2) is 0 Å². The molecule has 1 amide bonds. The zero-order chi connectivity index (χ0) is 13.8. The van der Waals surface area contributed by atoms with Crippen molar-refractivity contribution in [3.8, 4) is 6.07 Å². The highest BCUT2D eigenvalue weighted by Crippen LogP contribution is 2.23. The van der Waals surface area contributed by atoms with Crippen LogP contribution in [0.3, 0.4) is 0 Å². The standard InChI is InChI=1S/C13H7BrFN3O/c14-10-5-8(6-16)1-3-11(10)18-13(19)9-2-4-12(15)17-7-9/h1-5,7H,(H,18,19). The normalized spacial score (nSPS) is 9.74. The SMILES string of the molecule is N#Cc1ccc(NC(=O)c2ccc(F)nc2)c(Br)c1. The number of rotatable bonds is 2. The summed E-state index contributed by atoms with van der Waals surface area (Å²) < 4.78 is 13.2. The number of nitriles is 1. The first-order chi connectivity index (χ1) is 9.10. The van der Waals surface area contributed by atoms with Crippen molar-refractivity contribution in [2.45, 2.75) is 0 Å². The summed E-state index contributed by atoms with van der Waals surface area (Å²) in [5.41, 5.74) is 1.25. The molecular formula is C13H7BrFN3O. The number of pyridine rings is 1. The fraction of sp³-hybridized carbons (Fsp3) is 0. The van der Waals surface area contributed by atoms with Crippen molar-refractivity contribution in [2.75, 3.05) is 5.32 Å². The number of benzene rings is 1. The second-order valence-electron chi connectivity index (χ2n) is 3.63. The molecule has 0 saturated heterocycles. The summed E-state index contributed by atoms with van der Waals surface area (Å²) in [5.74, 6) is -1.05. The van der Waals surface area contributed by atoms with Crippen molar-refractivity contribution in [3.05, 3.63) is 58.1 Å². The van der Waals surface area contributed by atoms with Crippen molar-refractivity contribution in [1.29, 1.82) is 5.26 Å². The van der Waals surface area contributed by atoms with Gasteiger partial charge >= 0.3 is 0 Å². The Morgan fingerprint density at radius 3 is 2.74 bits per heavy atom. The third-order valence-corrected chi connectivity index (χ3v) is 2.99. The molecule has 2 aromatic rings. The minimum atomic E-state index is -0.642. The zero-order valence-corrected chi connectivity index (χ0v) is 11.1. The molecule has 1 heterocycles. The summed E-state index contributed by atoms with van der Waals surface area (Å²) in [7, 11) is 0. The van der Waals surface area contributed by atoms with Crippen LogP contribution in [0.25, 0.3) is 0 Å². The van der Waals surface area contributed by atoms with Gasteiger partial charge in [-0.2, -0.15) is 9.65 Å². The van der Waals surface area contributed by atoms with Gasteiger partial charge in [-0.25, -0.2) is 4.98 Å². The van der Waals surface area contributed by atoms with E-state index in [0.717, 1.165) is 12.3 Å². The molecule has 19 heavy (non-hydrogen) atoms. The Labute approximate surface area is 117 Å². The quantitative estimate of drug-likeness (QED) is 0.865. The van der Waals surface area contributed by atoms with Crippen LogP contribution in [0.4, 0.5) is 10.1 Å². The molecule has 0 fully saturated rings. The van der Waals surface area contributed by atoms with Crippen molar-refractivity contribution in [2.24, 2.45) is 0 Å².